The fourth-order valence-electron chi connectivity index (χ4n) is 2.77. The molecular formula is C18H26O3. The summed E-state index contributed by atoms with van der Waals surface area (Å²) in [5.74, 6) is -0.966. The molecule has 1 aromatic rings. The van der Waals surface area contributed by atoms with Gasteiger partial charge in [0.2, 0.25) is 0 Å². The molecule has 0 saturated carbocycles. The van der Waals surface area contributed by atoms with Crippen LogP contribution in [0.15, 0.2) is 12.1 Å². The van der Waals surface area contributed by atoms with E-state index in [1.165, 1.54) is 0 Å². The molecule has 0 amide bonds. The van der Waals surface area contributed by atoms with Gasteiger partial charge in [0.05, 0.1) is 6.61 Å². The van der Waals surface area contributed by atoms with E-state index < -0.39 is 11.9 Å². The van der Waals surface area contributed by atoms with Crippen molar-refractivity contribution in [1.82, 2.24) is 0 Å². The molecule has 116 valence electrons. The van der Waals surface area contributed by atoms with Gasteiger partial charge >= 0.3 is 5.97 Å². The van der Waals surface area contributed by atoms with Crippen LogP contribution in [0.1, 0.15) is 54.2 Å². The standard InChI is InChI=1S/C18H26O3/c1-7-21-18(20)15(8-11(2)3)17(19)16-13(5)9-12(4)10-14(16)6/h9-11,15H,7-8H2,1-6H3. The van der Waals surface area contributed by atoms with Crippen LogP contribution in [0.25, 0.3) is 0 Å². The molecule has 0 saturated heterocycles. The predicted octanol–water partition coefficient (Wildman–Crippen LogP) is 4.02. The SMILES string of the molecule is CCOC(=O)C(CC(C)C)C(=O)c1c(C)cc(C)cc1C. The second-order valence-corrected chi connectivity index (χ2v) is 6.07. The van der Waals surface area contributed by atoms with Gasteiger partial charge in [0.1, 0.15) is 5.92 Å². The Bertz CT molecular complexity index is 506. The van der Waals surface area contributed by atoms with E-state index in [0.717, 1.165) is 16.7 Å². The topological polar surface area (TPSA) is 43.4 Å². The van der Waals surface area contributed by atoms with E-state index in [4.69, 9.17) is 4.74 Å². The Kier molecular flexibility index (Phi) is 6.13. The first-order valence-electron chi connectivity index (χ1n) is 7.56. The first-order valence-corrected chi connectivity index (χ1v) is 7.56. The van der Waals surface area contributed by atoms with Crippen molar-refractivity contribution < 1.29 is 14.3 Å². The maximum absolute atomic E-state index is 12.8. The predicted molar refractivity (Wildman–Crippen MR) is 84.6 cm³/mol. The highest BCUT2D eigenvalue weighted by atomic mass is 16.5. The van der Waals surface area contributed by atoms with Crippen molar-refractivity contribution >= 4 is 11.8 Å². The van der Waals surface area contributed by atoms with Gasteiger partial charge in [0.15, 0.2) is 5.78 Å². The number of carbonyl (C=O) groups excluding carboxylic acids is 2. The Balaban J connectivity index is 3.19. The highest BCUT2D eigenvalue weighted by Crippen LogP contribution is 2.24. The van der Waals surface area contributed by atoms with Crippen LogP contribution in [-0.4, -0.2) is 18.4 Å². The van der Waals surface area contributed by atoms with Crippen molar-refractivity contribution in [2.24, 2.45) is 11.8 Å². The third kappa shape index (κ3) is 4.42. The van der Waals surface area contributed by atoms with Crippen molar-refractivity contribution in [2.45, 2.75) is 48.0 Å². The van der Waals surface area contributed by atoms with Gasteiger partial charge in [-0.2, -0.15) is 0 Å². The van der Waals surface area contributed by atoms with Gasteiger partial charge in [-0.05, 0) is 51.2 Å². The van der Waals surface area contributed by atoms with E-state index in [1.54, 1.807) is 6.92 Å². The maximum atomic E-state index is 12.8. The fraction of sp³-hybridized carbons (Fsp3) is 0.556. The number of hydrogen-bond acceptors (Lipinski definition) is 3. The van der Waals surface area contributed by atoms with Crippen LogP contribution in [0.5, 0.6) is 0 Å². The van der Waals surface area contributed by atoms with Gasteiger partial charge in [-0.1, -0.05) is 31.5 Å². The van der Waals surface area contributed by atoms with Crippen LogP contribution in [0.4, 0.5) is 0 Å². The largest absolute Gasteiger partial charge is 0.465 e. The number of benzene rings is 1. The van der Waals surface area contributed by atoms with Gasteiger partial charge in [-0.25, -0.2) is 0 Å². The Morgan fingerprint density at radius 1 is 1.10 bits per heavy atom. The number of ether oxygens (including phenoxy) is 1. The molecule has 0 fully saturated rings. The first-order chi connectivity index (χ1) is 9.77. The number of Topliss-reactive ketones (excluding diaryl/α,β-unsaturated/α-hetero) is 1. The quantitative estimate of drug-likeness (QED) is 0.451. The van der Waals surface area contributed by atoms with Gasteiger partial charge in [0, 0.05) is 5.56 Å². The summed E-state index contributed by atoms with van der Waals surface area (Å²) in [6.07, 6.45) is 0.518. The van der Waals surface area contributed by atoms with Crippen LogP contribution >= 0.6 is 0 Å². The summed E-state index contributed by atoms with van der Waals surface area (Å²) in [7, 11) is 0. The van der Waals surface area contributed by atoms with Crippen molar-refractivity contribution in [3.8, 4) is 0 Å². The second-order valence-electron chi connectivity index (χ2n) is 6.07. The fourth-order valence-corrected chi connectivity index (χ4v) is 2.77. The molecule has 0 radical (unpaired) electrons. The third-order valence-corrected chi connectivity index (χ3v) is 3.52. The summed E-state index contributed by atoms with van der Waals surface area (Å²) in [5, 5.41) is 0. The lowest BCUT2D eigenvalue weighted by Gasteiger charge is -2.19. The molecule has 0 bridgehead atoms. The molecule has 1 aromatic carbocycles. The van der Waals surface area contributed by atoms with Gasteiger partial charge in [0.25, 0.3) is 0 Å². The molecular weight excluding hydrogens is 264 g/mol. The molecule has 0 aromatic heterocycles. The molecule has 0 N–H and O–H groups in total. The number of aryl methyl sites for hydroxylation is 3. The number of carbonyl (C=O) groups is 2. The molecule has 0 heterocycles. The highest BCUT2D eigenvalue weighted by molar-refractivity contribution is 6.10. The number of hydrogen-bond donors (Lipinski definition) is 0. The maximum Gasteiger partial charge on any atom is 0.316 e. The molecule has 3 nitrogen and oxygen atoms in total. The minimum atomic E-state index is -0.704. The Morgan fingerprint density at radius 3 is 2.05 bits per heavy atom. The zero-order valence-corrected chi connectivity index (χ0v) is 13.9. The monoisotopic (exact) mass is 290 g/mol. The van der Waals surface area contributed by atoms with E-state index in [0.29, 0.717) is 18.6 Å². The summed E-state index contributed by atoms with van der Waals surface area (Å²) in [5.41, 5.74) is 3.64. The molecule has 0 aliphatic carbocycles. The normalized spacial score (nSPS) is 12.3. The van der Waals surface area contributed by atoms with Gasteiger partial charge in [-0.15, -0.1) is 0 Å². The molecule has 0 aliphatic heterocycles. The van der Waals surface area contributed by atoms with Crippen molar-refractivity contribution in [3.63, 3.8) is 0 Å². The van der Waals surface area contributed by atoms with E-state index in [1.807, 2.05) is 46.8 Å². The molecule has 1 unspecified atom stereocenters. The number of rotatable bonds is 6. The minimum Gasteiger partial charge on any atom is -0.465 e. The summed E-state index contributed by atoms with van der Waals surface area (Å²) in [4.78, 5) is 25.0. The average Bonchev–Trinajstić information content (AvgIpc) is 2.34. The Hall–Kier alpha value is -1.64. The Labute approximate surface area is 127 Å². The van der Waals surface area contributed by atoms with E-state index in [-0.39, 0.29) is 11.7 Å². The van der Waals surface area contributed by atoms with Crippen molar-refractivity contribution in [1.29, 1.82) is 0 Å². The van der Waals surface area contributed by atoms with Crippen LogP contribution in [0.2, 0.25) is 0 Å². The summed E-state index contributed by atoms with van der Waals surface area (Å²) >= 11 is 0. The number of ketones is 1. The molecule has 3 heteroatoms. The Morgan fingerprint density at radius 2 is 1.62 bits per heavy atom. The minimum absolute atomic E-state index is 0.114. The summed E-state index contributed by atoms with van der Waals surface area (Å²) < 4.78 is 5.09. The van der Waals surface area contributed by atoms with Gasteiger partial charge in [-0.3, -0.25) is 9.59 Å². The summed E-state index contributed by atoms with van der Waals surface area (Å²) in [6, 6.07) is 3.97. The summed E-state index contributed by atoms with van der Waals surface area (Å²) in [6.45, 7) is 11.9. The van der Waals surface area contributed by atoms with E-state index >= 15 is 0 Å². The molecule has 1 atom stereocenters. The first kappa shape index (κ1) is 17.4. The second kappa shape index (κ2) is 7.39. The lowest BCUT2D eigenvalue weighted by atomic mass is 9.85. The van der Waals surface area contributed by atoms with E-state index in [2.05, 4.69) is 0 Å². The molecule has 1 rings (SSSR count). The van der Waals surface area contributed by atoms with Crippen LogP contribution in [-0.2, 0) is 9.53 Å². The van der Waals surface area contributed by atoms with Crippen LogP contribution < -0.4 is 0 Å². The zero-order chi connectivity index (χ0) is 16.2. The lowest BCUT2D eigenvalue weighted by Crippen LogP contribution is -2.29. The van der Waals surface area contributed by atoms with Crippen molar-refractivity contribution in [2.75, 3.05) is 6.61 Å². The number of esters is 1. The van der Waals surface area contributed by atoms with Crippen molar-refractivity contribution in [3.05, 3.63) is 34.4 Å². The van der Waals surface area contributed by atoms with E-state index in [9.17, 15) is 9.59 Å². The smallest absolute Gasteiger partial charge is 0.316 e. The molecule has 21 heavy (non-hydrogen) atoms. The molecule has 0 spiro atoms. The van der Waals surface area contributed by atoms with Crippen LogP contribution in [0.3, 0.4) is 0 Å². The third-order valence-electron chi connectivity index (χ3n) is 3.52. The highest BCUT2D eigenvalue weighted by Gasteiger charge is 2.31. The zero-order valence-electron chi connectivity index (χ0n) is 13.9. The lowest BCUT2D eigenvalue weighted by molar-refractivity contribution is -0.146. The van der Waals surface area contributed by atoms with Gasteiger partial charge < -0.3 is 4.74 Å². The van der Waals surface area contributed by atoms with Crippen LogP contribution in [0, 0.1) is 32.6 Å². The average molecular weight is 290 g/mol. The molecule has 0 aliphatic rings.